The zero-order valence-corrected chi connectivity index (χ0v) is 13.4. The largest absolute Gasteiger partial charge is 0.465 e. The molecule has 0 amide bonds. The van der Waals surface area contributed by atoms with Gasteiger partial charge in [0.15, 0.2) is 0 Å². The Balaban J connectivity index is 1.91. The number of nitrogens with zero attached hydrogens (tertiary/aromatic N) is 2. The van der Waals surface area contributed by atoms with Gasteiger partial charge in [0.05, 0.1) is 18.6 Å². The molecule has 5 nitrogen and oxygen atoms in total. The second-order valence-electron chi connectivity index (χ2n) is 5.94. The van der Waals surface area contributed by atoms with Crippen molar-refractivity contribution in [3.63, 3.8) is 0 Å². The number of nitrogens with one attached hydrogen (secondary N) is 1. The Bertz CT molecular complexity index is 484. The molecule has 1 atom stereocenters. The maximum Gasteiger partial charge on any atom is 0.326 e. The molecule has 0 bridgehead atoms. The summed E-state index contributed by atoms with van der Waals surface area (Å²) >= 11 is 0. The smallest absolute Gasteiger partial charge is 0.326 e. The lowest BCUT2D eigenvalue weighted by Crippen LogP contribution is -2.48. The van der Waals surface area contributed by atoms with E-state index in [1.54, 1.807) is 0 Å². The molecule has 1 aliphatic rings. The molecule has 5 heteroatoms. The van der Waals surface area contributed by atoms with E-state index < -0.39 is 5.54 Å². The lowest BCUT2D eigenvalue weighted by Gasteiger charge is -2.27. The molecule has 1 N–H and O–H groups in total. The molecular formula is C16H27N3O2. The minimum absolute atomic E-state index is 0.167. The van der Waals surface area contributed by atoms with Gasteiger partial charge in [-0.1, -0.05) is 0 Å². The summed E-state index contributed by atoms with van der Waals surface area (Å²) in [6.07, 6.45) is 8.40. The summed E-state index contributed by atoms with van der Waals surface area (Å²) in [5, 5.41) is 3.11. The first-order valence-corrected chi connectivity index (χ1v) is 7.99. The van der Waals surface area contributed by atoms with E-state index in [0.717, 1.165) is 32.2 Å². The van der Waals surface area contributed by atoms with Gasteiger partial charge < -0.3 is 14.6 Å². The highest BCUT2D eigenvalue weighted by molar-refractivity contribution is 5.80. The highest BCUT2D eigenvalue weighted by Crippen LogP contribution is 2.21. The number of likely N-dealkylation sites (N-methyl/N-ethyl adjacent to an activating group) is 1. The number of esters is 1. The van der Waals surface area contributed by atoms with Crippen LogP contribution in [0.15, 0.2) is 6.33 Å². The number of ether oxygens (including phenoxy) is 1. The first kappa shape index (κ1) is 16.0. The Morgan fingerprint density at radius 3 is 2.95 bits per heavy atom. The number of aryl methyl sites for hydroxylation is 2. The Morgan fingerprint density at radius 2 is 2.24 bits per heavy atom. The summed E-state index contributed by atoms with van der Waals surface area (Å²) in [5.41, 5.74) is 2.06. The van der Waals surface area contributed by atoms with Crippen LogP contribution in [0.5, 0.6) is 0 Å². The third kappa shape index (κ3) is 3.64. The van der Waals surface area contributed by atoms with Gasteiger partial charge in [0.25, 0.3) is 0 Å². The molecule has 0 fully saturated rings. The van der Waals surface area contributed by atoms with E-state index in [0.29, 0.717) is 6.61 Å². The van der Waals surface area contributed by atoms with Gasteiger partial charge >= 0.3 is 5.97 Å². The van der Waals surface area contributed by atoms with Crippen LogP contribution < -0.4 is 5.32 Å². The van der Waals surface area contributed by atoms with Crippen LogP contribution in [-0.2, 0) is 28.9 Å². The van der Waals surface area contributed by atoms with Gasteiger partial charge in [0.2, 0.25) is 0 Å². The average molecular weight is 293 g/mol. The van der Waals surface area contributed by atoms with E-state index in [1.165, 1.54) is 24.2 Å². The van der Waals surface area contributed by atoms with E-state index in [1.807, 2.05) is 27.2 Å². The molecule has 21 heavy (non-hydrogen) atoms. The summed E-state index contributed by atoms with van der Waals surface area (Å²) in [7, 11) is 1.82. The van der Waals surface area contributed by atoms with Crippen molar-refractivity contribution >= 4 is 5.97 Å². The second kappa shape index (κ2) is 7.07. The summed E-state index contributed by atoms with van der Waals surface area (Å²) in [5.74, 6) is -0.167. The van der Waals surface area contributed by atoms with Gasteiger partial charge in [-0.15, -0.1) is 0 Å². The number of aromatic nitrogens is 2. The maximum absolute atomic E-state index is 12.0. The standard InChI is InChI=1S/C16H27N3O2/c1-4-21-15(20)16(2,17-3)10-7-11-19-12-18-13-8-5-6-9-14(13)19/h12,17H,4-11H2,1-3H3. The summed E-state index contributed by atoms with van der Waals surface area (Å²) in [6.45, 7) is 5.09. The van der Waals surface area contributed by atoms with E-state index in [2.05, 4.69) is 14.9 Å². The van der Waals surface area contributed by atoms with Crippen molar-refractivity contribution in [2.24, 2.45) is 0 Å². The minimum atomic E-state index is -0.601. The fourth-order valence-corrected chi connectivity index (χ4v) is 2.95. The summed E-state index contributed by atoms with van der Waals surface area (Å²) in [6, 6.07) is 0. The van der Waals surface area contributed by atoms with Crippen LogP contribution in [0.4, 0.5) is 0 Å². The van der Waals surface area contributed by atoms with Gasteiger partial charge in [-0.25, -0.2) is 4.98 Å². The van der Waals surface area contributed by atoms with E-state index in [4.69, 9.17) is 4.74 Å². The molecule has 1 unspecified atom stereocenters. The van der Waals surface area contributed by atoms with Crippen molar-refractivity contribution in [2.45, 2.75) is 64.5 Å². The molecule has 0 saturated carbocycles. The molecule has 1 heterocycles. The molecule has 0 saturated heterocycles. The van der Waals surface area contributed by atoms with Crippen molar-refractivity contribution in [3.05, 3.63) is 17.7 Å². The number of hydrogen-bond acceptors (Lipinski definition) is 4. The molecule has 1 aliphatic carbocycles. The Hall–Kier alpha value is -1.36. The molecule has 0 spiro atoms. The zero-order chi connectivity index (χ0) is 15.3. The highest BCUT2D eigenvalue weighted by Gasteiger charge is 2.32. The molecule has 0 aromatic carbocycles. The molecule has 118 valence electrons. The number of rotatable bonds is 7. The molecular weight excluding hydrogens is 266 g/mol. The number of carbonyl (C=O) groups is 1. The third-order valence-electron chi connectivity index (χ3n) is 4.46. The predicted octanol–water partition coefficient (Wildman–Crippen LogP) is 2.08. The van der Waals surface area contributed by atoms with Gasteiger partial charge in [-0.05, 0) is 59.4 Å². The Labute approximate surface area is 127 Å². The highest BCUT2D eigenvalue weighted by atomic mass is 16.5. The van der Waals surface area contributed by atoms with Crippen LogP contribution >= 0.6 is 0 Å². The van der Waals surface area contributed by atoms with Crippen LogP contribution in [0.1, 0.15) is 50.9 Å². The predicted molar refractivity (Wildman–Crippen MR) is 82.2 cm³/mol. The summed E-state index contributed by atoms with van der Waals surface area (Å²) in [4.78, 5) is 16.5. The van der Waals surface area contributed by atoms with Gasteiger partial charge in [-0.2, -0.15) is 0 Å². The van der Waals surface area contributed by atoms with Crippen molar-refractivity contribution in [1.29, 1.82) is 0 Å². The first-order valence-electron chi connectivity index (χ1n) is 7.99. The lowest BCUT2D eigenvalue weighted by atomic mass is 9.96. The quantitative estimate of drug-likeness (QED) is 0.782. The van der Waals surface area contributed by atoms with E-state index in [-0.39, 0.29) is 5.97 Å². The second-order valence-corrected chi connectivity index (χ2v) is 5.94. The van der Waals surface area contributed by atoms with Crippen LogP contribution in [0.2, 0.25) is 0 Å². The molecule has 0 aliphatic heterocycles. The lowest BCUT2D eigenvalue weighted by molar-refractivity contribution is -0.150. The van der Waals surface area contributed by atoms with Gasteiger partial charge in [0, 0.05) is 12.2 Å². The van der Waals surface area contributed by atoms with Crippen molar-refractivity contribution in [2.75, 3.05) is 13.7 Å². The molecule has 1 aromatic rings. The number of imidazole rings is 1. The SMILES string of the molecule is CCOC(=O)C(C)(CCCn1cnc2c1CCCC2)NC. The fourth-order valence-electron chi connectivity index (χ4n) is 2.95. The average Bonchev–Trinajstić information content (AvgIpc) is 2.91. The number of carbonyl (C=O) groups excluding carboxylic acids is 1. The monoisotopic (exact) mass is 293 g/mol. The topological polar surface area (TPSA) is 56.2 Å². The fraction of sp³-hybridized carbons (Fsp3) is 0.750. The molecule has 1 aromatic heterocycles. The number of fused-ring (bicyclic) bond motifs is 1. The molecule has 0 radical (unpaired) electrons. The van der Waals surface area contributed by atoms with Crippen LogP contribution in [0, 0.1) is 0 Å². The summed E-state index contributed by atoms with van der Waals surface area (Å²) < 4.78 is 7.42. The number of hydrogen-bond donors (Lipinski definition) is 1. The Kier molecular flexibility index (Phi) is 5.39. The normalized spacial score (nSPS) is 17.1. The van der Waals surface area contributed by atoms with Crippen molar-refractivity contribution in [3.8, 4) is 0 Å². The minimum Gasteiger partial charge on any atom is -0.465 e. The van der Waals surface area contributed by atoms with E-state index >= 15 is 0 Å². The zero-order valence-electron chi connectivity index (χ0n) is 13.4. The van der Waals surface area contributed by atoms with Crippen LogP contribution in [0.25, 0.3) is 0 Å². The van der Waals surface area contributed by atoms with Crippen molar-refractivity contribution < 1.29 is 9.53 Å². The third-order valence-corrected chi connectivity index (χ3v) is 4.46. The van der Waals surface area contributed by atoms with Crippen LogP contribution in [-0.4, -0.2) is 34.7 Å². The van der Waals surface area contributed by atoms with Crippen LogP contribution in [0.3, 0.4) is 0 Å². The van der Waals surface area contributed by atoms with Gasteiger partial charge in [-0.3, -0.25) is 4.79 Å². The first-order chi connectivity index (χ1) is 10.1. The maximum atomic E-state index is 12.0. The van der Waals surface area contributed by atoms with Gasteiger partial charge in [0.1, 0.15) is 5.54 Å². The Morgan fingerprint density at radius 1 is 1.48 bits per heavy atom. The van der Waals surface area contributed by atoms with Crippen molar-refractivity contribution in [1.82, 2.24) is 14.9 Å². The van der Waals surface area contributed by atoms with E-state index in [9.17, 15) is 4.79 Å². The molecule has 2 rings (SSSR count).